The van der Waals surface area contributed by atoms with Crippen molar-refractivity contribution in [3.8, 4) is 11.5 Å². The minimum Gasteiger partial charge on any atom is -0.489 e. The molecule has 2 heterocycles. The summed E-state index contributed by atoms with van der Waals surface area (Å²) in [6, 6.07) is 21.4. The summed E-state index contributed by atoms with van der Waals surface area (Å²) in [5.41, 5.74) is 4.82. The number of H-pyrrole nitrogens is 1. The number of benzene rings is 3. The molecule has 0 bridgehead atoms. The highest BCUT2D eigenvalue weighted by atomic mass is 16.5. The second-order valence-electron chi connectivity index (χ2n) is 7.10. The van der Waals surface area contributed by atoms with Crippen LogP contribution in [0.15, 0.2) is 78.7 Å². The Balaban J connectivity index is 1.39. The lowest BCUT2D eigenvalue weighted by Gasteiger charge is -2.09. The summed E-state index contributed by atoms with van der Waals surface area (Å²) in [5.74, 6) is 1.41. The summed E-state index contributed by atoms with van der Waals surface area (Å²) in [7, 11) is 0. The summed E-state index contributed by atoms with van der Waals surface area (Å²) >= 11 is 0. The Bertz CT molecular complexity index is 1270. The van der Waals surface area contributed by atoms with Crippen LogP contribution in [0.5, 0.6) is 11.5 Å². The van der Waals surface area contributed by atoms with Crippen molar-refractivity contribution in [1.82, 2.24) is 4.98 Å². The smallest absolute Gasteiger partial charge is 0.231 e. The average molecular weight is 381 g/mol. The lowest BCUT2D eigenvalue weighted by molar-refractivity contribution is 0.101. The molecule has 1 aliphatic heterocycles. The zero-order valence-electron chi connectivity index (χ0n) is 15.9. The molecule has 0 atom stereocenters. The van der Waals surface area contributed by atoms with Crippen molar-refractivity contribution in [2.24, 2.45) is 0 Å². The Morgan fingerprint density at radius 1 is 1.03 bits per heavy atom. The quantitative estimate of drug-likeness (QED) is 0.463. The molecule has 0 fully saturated rings. The lowest BCUT2D eigenvalue weighted by atomic mass is 10.1. The maximum Gasteiger partial charge on any atom is 0.231 e. The number of nitrogens with one attached hydrogen (secondary N) is 1. The number of ketones is 1. The maximum atomic E-state index is 12.8. The number of Topliss-reactive ketones (excluding diaryl/α,β-unsaturated/α-hetero) is 1. The van der Waals surface area contributed by atoms with Gasteiger partial charge in [0, 0.05) is 28.7 Å². The molecular formula is C25H19NO3. The first kappa shape index (κ1) is 17.3. The Labute approximate surface area is 168 Å². The van der Waals surface area contributed by atoms with Gasteiger partial charge in [-0.25, -0.2) is 0 Å². The molecule has 4 aromatic rings. The number of carbonyl (C=O) groups is 1. The molecule has 0 radical (unpaired) electrons. The molecule has 29 heavy (non-hydrogen) atoms. The van der Waals surface area contributed by atoms with Gasteiger partial charge in [-0.3, -0.25) is 4.79 Å². The third-order valence-corrected chi connectivity index (χ3v) is 5.20. The molecular weight excluding hydrogens is 362 g/mol. The van der Waals surface area contributed by atoms with E-state index < -0.39 is 0 Å². The molecule has 0 unspecified atom stereocenters. The minimum atomic E-state index is -0.115. The number of aryl methyl sites for hydroxylation is 1. The van der Waals surface area contributed by atoms with Crippen LogP contribution < -0.4 is 9.47 Å². The molecule has 0 saturated carbocycles. The van der Waals surface area contributed by atoms with Crippen LogP contribution >= 0.6 is 0 Å². The summed E-state index contributed by atoms with van der Waals surface area (Å²) in [4.78, 5) is 16.0. The SMILES string of the molecule is Cc1ccccc1COc1ccc2c(c1)OC(=Cc1c[nH]c3ccccc13)C2=O. The molecule has 4 nitrogen and oxygen atoms in total. The van der Waals surface area contributed by atoms with Crippen molar-refractivity contribution in [1.29, 1.82) is 0 Å². The first-order chi connectivity index (χ1) is 14.2. The molecule has 0 aliphatic carbocycles. The van der Waals surface area contributed by atoms with E-state index in [0.29, 0.717) is 29.4 Å². The number of rotatable bonds is 4. The normalized spacial score (nSPS) is 14.2. The van der Waals surface area contributed by atoms with Gasteiger partial charge in [0.2, 0.25) is 5.78 Å². The molecule has 3 aromatic carbocycles. The van der Waals surface area contributed by atoms with E-state index in [1.807, 2.05) is 54.7 Å². The molecule has 5 rings (SSSR count). The van der Waals surface area contributed by atoms with Crippen molar-refractivity contribution in [2.75, 3.05) is 0 Å². The van der Waals surface area contributed by atoms with E-state index in [1.165, 1.54) is 5.56 Å². The molecule has 142 valence electrons. The van der Waals surface area contributed by atoms with Crippen LogP contribution in [0, 0.1) is 6.92 Å². The minimum absolute atomic E-state index is 0.115. The van der Waals surface area contributed by atoms with Gasteiger partial charge in [-0.05, 0) is 42.3 Å². The van der Waals surface area contributed by atoms with Crippen LogP contribution in [0.3, 0.4) is 0 Å². The van der Waals surface area contributed by atoms with Crippen LogP contribution in [0.2, 0.25) is 0 Å². The number of para-hydroxylation sites is 1. The molecule has 1 aliphatic rings. The second-order valence-corrected chi connectivity index (χ2v) is 7.10. The van der Waals surface area contributed by atoms with Crippen LogP contribution in [0.25, 0.3) is 17.0 Å². The van der Waals surface area contributed by atoms with E-state index in [9.17, 15) is 4.79 Å². The van der Waals surface area contributed by atoms with Gasteiger partial charge >= 0.3 is 0 Å². The Kier molecular flexibility index (Phi) is 4.17. The van der Waals surface area contributed by atoms with Crippen LogP contribution in [0.4, 0.5) is 0 Å². The van der Waals surface area contributed by atoms with Gasteiger partial charge in [-0.1, -0.05) is 42.5 Å². The number of allylic oxidation sites excluding steroid dienone is 1. The maximum absolute atomic E-state index is 12.8. The van der Waals surface area contributed by atoms with Gasteiger partial charge < -0.3 is 14.5 Å². The molecule has 0 saturated heterocycles. The van der Waals surface area contributed by atoms with Gasteiger partial charge in [0.1, 0.15) is 18.1 Å². The summed E-state index contributed by atoms with van der Waals surface area (Å²) in [6.45, 7) is 2.53. The average Bonchev–Trinajstić information content (AvgIpc) is 3.29. The Morgan fingerprint density at radius 2 is 1.86 bits per heavy atom. The Morgan fingerprint density at radius 3 is 2.76 bits per heavy atom. The standard InChI is InChI=1S/C25H19NO3/c1-16-6-2-3-7-17(16)15-28-19-10-11-21-23(13-19)29-24(25(21)27)12-18-14-26-22-9-5-4-8-20(18)22/h2-14,26H,15H2,1H3. The number of hydrogen-bond acceptors (Lipinski definition) is 3. The largest absolute Gasteiger partial charge is 0.489 e. The van der Waals surface area contributed by atoms with Crippen molar-refractivity contribution in [3.05, 3.63) is 101 Å². The predicted octanol–water partition coefficient (Wildman–Crippen LogP) is 5.67. The number of fused-ring (bicyclic) bond motifs is 2. The van der Waals surface area contributed by atoms with Crippen molar-refractivity contribution in [3.63, 3.8) is 0 Å². The molecule has 1 aromatic heterocycles. The molecule has 1 N–H and O–H groups in total. The summed E-state index contributed by atoms with van der Waals surface area (Å²) < 4.78 is 11.8. The highest BCUT2D eigenvalue weighted by Gasteiger charge is 2.28. The van der Waals surface area contributed by atoms with Crippen LogP contribution in [-0.2, 0) is 6.61 Å². The zero-order valence-corrected chi connectivity index (χ0v) is 15.9. The Hall–Kier alpha value is -3.79. The number of aromatic amines is 1. The van der Waals surface area contributed by atoms with Gasteiger partial charge in [-0.15, -0.1) is 0 Å². The second kappa shape index (κ2) is 6.99. The van der Waals surface area contributed by atoms with E-state index in [1.54, 1.807) is 18.2 Å². The fourth-order valence-corrected chi connectivity index (χ4v) is 3.54. The van der Waals surface area contributed by atoms with E-state index in [2.05, 4.69) is 18.0 Å². The molecule has 4 heteroatoms. The predicted molar refractivity (Wildman–Crippen MR) is 113 cm³/mol. The lowest BCUT2D eigenvalue weighted by Crippen LogP contribution is -1.98. The molecule has 0 amide bonds. The highest BCUT2D eigenvalue weighted by Crippen LogP contribution is 2.35. The van der Waals surface area contributed by atoms with Crippen LogP contribution in [0.1, 0.15) is 27.0 Å². The van der Waals surface area contributed by atoms with Crippen molar-refractivity contribution in [2.45, 2.75) is 13.5 Å². The topological polar surface area (TPSA) is 51.3 Å². The monoisotopic (exact) mass is 381 g/mol. The number of ether oxygens (including phenoxy) is 2. The summed E-state index contributed by atoms with van der Waals surface area (Å²) in [6.07, 6.45) is 3.67. The summed E-state index contributed by atoms with van der Waals surface area (Å²) in [5, 5.41) is 1.05. The third-order valence-electron chi connectivity index (χ3n) is 5.20. The first-order valence-electron chi connectivity index (χ1n) is 9.51. The van der Waals surface area contributed by atoms with E-state index >= 15 is 0 Å². The van der Waals surface area contributed by atoms with Crippen molar-refractivity contribution < 1.29 is 14.3 Å². The number of hydrogen-bond donors (Lipinski definition) is 1. The van der Waals surface area contributed by atoms with E-state index in [4.69, 9.17) is 9.47 Å². The van der Waals surface area contributed by atoms with Gasteiger partial charge in [-0.2, -0.15) is 0 Å². The first-order valence-corrected chi connectivity index (χ1v) is 9.51. The van der Waals surface area contributed by atoms with Gasteiger partial charge in [0.15, 0.2) is 5.76 Å². The van der Waals surface area contributed by atoms with Gasteiger partial charge in [0.25, 0.3) is 0 Å². The molecule has 0 spiro atoms. The number of carbonyl (C=O) groups excluding carboxylic acids is 1. The van der Waals surface area contributed by atoms with Crippen LogP contribution in [-0.4, -0.2) is 10.8 Å². The third kappa shape index (κ3) is 3.19. The number of aromatic nitrogens is 1. The van der Waals surface area contributed by atoms with E-state index in [0.717, 1.165) is 22.0 Å². The fraction of sp³-hybridized carbons (Fsp3) is 0.0800. The van der Waals surface area contributed by atoms with Gasteiger partial charge in [0.05, 0.1) is 5.56 Å². The fourth-order valence-electron chi connectivity index (χ4n) is 3.54. The van der Waals surface area contributed by atoms with Crippen molar-refractivity contribution >= 4 is 22.8 Å². The van der Waals surface area contributed by atoms with E-state index in [-0.39, 0.29) is 5.78 Å². The highest BCUT2D eigenvalue weighted by molar-refractivity contribution is 6.15. The zero-order chi connectivity index (χ0) is 19.8.